The summed E-state index contributed by atoms with van der Waals surface area (Å²) in [7, 11) is 0. The highest BCUT2D eigenvalue weighted by atomic mass is 35.5. The molecule has 1 aromatic heterocycles. The minimum Gasteiger partial charge on any atom is -0.338 e. The van der Waals surface area contributed by atoms with Crippen molar-refractivity contribution >= 4 is 23.4 Å². The van der Waals surface area contributed by atoms with Gasteiger partial charge in [0.15, 0.2) is 5.82 Å². The predicted molar refractivity (Wildman–Crippen MR) is 127 cm³/mol. The monoisotopic (exact) mass is 460 g/mol. The van der Waals surface area contributed by atoms with Gasteiger partial charge < -0.3 is 9.80 Å². The topological polar surface area (TPSA) is 66.4 Å². The molecule has 0 bridgehead atoms. The van der Waals surface area contributed by atoms with Crippen LogP contribution >= 0.6 is 11.6 Å². The van der Waals surface area contributed by atoms with Gasteiger partial charge in [0.25, 0.3) is 5.91 Å². The summed E-state index contributed by atoms with van der Waals surface area (Å²) in [6.07, 6.45) is 5.07. The van der Waals surface area contributed by atoms with Crippen LogP contribution in [-0.4, -0.2) is 44.7 Å². The molecule has 3 heterocycles. The lowest BCUT2D eigenvalue weighted by Gasteiger charge is -2.25. The van der Waals surface area contributed by atoms with E-state index in [4.69, 9.17) is 16.6 Å². The van der Waals surface area contributed by atoms with E-state index in [2.05, 4.69) is 4.98 Å². The molecule has 168 valence electrons. The zero-order valence-electron chi connectivity index (χ0n) is 18.3. The number of hydrogen-bond acceptors (Lipinski definition) is 4. The van der Waals surface area contributed by atoms with Gasteiger partial charge in [0.1, 0.15) is 0 Å². The minimum absolute atomic E-state index is 0.00115. The second-order valence-electron chi connectivity index (χ2n) is 8.59. The largest absolute Gasteiger partial charge is 0.338 e. The van der Waals surface area contributed by atoms with Crippen LogP contribution in [0, 0.1) is 0 Å². The SMILES string of the molecule is O=C1CCCN1Cc1cccc(C(=O)N2CCC[C@H]2c2ccnc(-c3ccc(Cl)cc3)n2)c1. The van der Waals surface area contributed by atoms with Gasteiger partial charge in [-0.15, -0.1) is 0 Å². The van der Waals surface area contributed by atoms with Crippen LogP contribution in [-0.2, 0) is 11.3 Å². The number of nitrogens with zero attached hydrogens (tertiary/aromatic N) is 4. The number of halogens is 1. The summed E-state index contributed by atoms with van der Waals surface area (Å²) in [5, 5.41) is 0.666. The molecule has 2 aliphatic rings. The van der Waals surface area contributed by atoms with E-state index in [1.54, 1.807) is 6.20 Å². The minimum atomic E-state index is -0.0876. The maximum atomic E-state index is 13.5. The Balaban J connectivity index is 1.36. The molecule has 7 heteroatoms. The van der Waals surface area contributed by atoms with Gasteiger partial charge in [0, 0.05) is 48.4 Å². The number of aromatic nitrogens is 2. The summed E-state index contributed by atoms with van der Waals surface area (Å²) >= 11 is 6.01. The number of rotatable bonds is 5. The van der Waals surface area contributed by atoms with Crippen molar-refractivity contribution in [2.75, 3.05) is 13.1 Å². The molecule has 0 saturated carbocycles. The van der Waals surface area contributed by atoms with E-state index in [0.29, 0.717) is 35.9 Å². The fourth-order valence-corrected chi connectivity index (χ4v) is 4.80. The summed E-state index contributed by atoms with van der Waals surface area (Å²) in [5.74, 6) is 0.811. The fraction of sp³-hybridized carbons (Fsp3) is 0.308. The van der Waals surface area contributed by atoms with Gasteiger partial charge >= 0.3 is 0 Å². The Labute approximate surface area is 198 Å². The third-order valence-electron chi connectivity index (χ3n) is 6.35. The van der Waals surface area contributed by atoms with Gasteiger partial charge in [-0.05, 0) is 67.3 Å². The van der Waals surface area contributed by atoms with Crippen molar-refractivity contribution in [1.29, 1.82) is 0 Å². The molecule has 2 aliphatic heterocycles. The fourth-order valence-electron chi connectivity index (χ4n) is 4.67. The molecule has 6 nitrogen and oxygen atoms in total. The molecule has 1 atom stereocenters. The summed E-state index contributed by atoms with van der Waals surface area (Å²) in [6.45, 7) is 2.03. The molecule has 2 saturated heterocycles. The Bertz CT molecular complexity index is 1180. The van der Waals surface area contributed by atoms with Crippen LogP contribution in [0.2, 0.25) is 5.02 Å². The maximum absolute atomic E-state index is 13.5. The number of carbonyl (C=O) groups excluding carboxylic acids is 2. The Hall–Kier alpha value is -3.25. The highest BCUT2D eigenvalue weighted by Gasteiger charge is 2.32. The first-order valence-electron chi connectivity index (χ1n) is 11.3. The second kappa shape index (κ2) is 9.32. The molecular formula is C26H25ClN4O2. The predicted octanol–water partition coefficient (Wildman–Crippen LogP) is 4.90. The van der Waals surface area contributed by atoms with Crippen LogP contribution < -0.4 is 0 Å². The van der Waals surface area contributed by atoms with Gasteiger partial charge in [-0.1, -0.05) is 23.7 Å². The maximum Gasteiger partial charge on any atom is 0.254 e. The number of hydrogen-bond donors (Lipinski definition) is 0. The Morgan fingerprint density at radius 3 is 2.70 bits per heavy atom. The van der Waals surface area contributed by atoms with E-state index in [1.165, 1.54) is 0 Å². The zero-order valence-corrected chi connectivity index (χ0v) is 19.0. The molecule has 0 unspecified atom stereocenters. The zero-order chi connectivity index (χ0) is 22.8. The third kappa shape index (κ3) is 4.62. The van der Waals surface area contributed by atoms with Crippen LogP contribution in [0.1, 0.15) is 53.3 Å². The van der Waals surface area contributed by atoms with Crippen molar-refractivity contribution in [3.05, 3.63) is 82.6 Å². The Kier molecular flexibility index (Phi) is 6.09. The van der Waals surface area contributed by atoms with Gasteiger partial charge in [0.2, 0.25) is 5.91 Å². The van der Waals surface area contributed by atoms with Crippen LogP contribution in [0.4, 0.5) is 0 Å². The quantitative estimate of drug-likeness (QED) is 0.543. The summed E-state index contributed by atoms with van der Waals surface area (Å²) in [5.41, 5.74) is 3.37. The normalized spacial score (nSPS) is 18.2. The van der Waals surface area contributed by atoms with Crippen molar-refractivity contribution in [3.8, 4) is 11.4 Å². The number of amides is 2. The molecule has 33 heavy (non-hydrogen) atoms. The molecule has 2 fully saturated rings. The Morgan fingerprint density at radius 1 is 1.06 bits per heavy atom. The molecule has 2 aromatic carbocycles. The second-order valence-corrected chi connectivity index (χ2v) is 9.02. The smallest absolute Gasteiger partial charge is 0.254 e. The lowest BCUT2D eigenvalue weighted by Crippen LogP contribution is -2.31. The summed E-state index contributed by atoms with van der Waals surface area (Å²) in [4.78, 5) is 38.4. The third-order valence-corrected chi connectivity index (χ3v) is 6.61. The molecule has 0 N–H and O–H groups in total. The standard InChI is InChI=1S/C26H25ClN4O2/c27-21-10-8-19(9-11-21)25-28-13-12-22(29-25)23-6-2-15-31(23)26(33)20-5-1-4-18(16-20)17-30-14-3-7-24(30)32/h1,4-5,8-13,16,23H,2-3,6-7,14-15,17H2/t23-/m0/s1. The number of likely N-dealkylation sites (tertiary alicyclic amines) is 2. The first-order valence-corrected chi connectivity index (χ1v) is 11.7. The van der Waals surface area contributed by atoms with E-state index < -0.39 is 0 Å². The molecule has 0 radical (unpaired) electrons. The van der Waals surface area contributed by atoms with E-state index in [-0.39, 0.29) is 17.9 Å². The lowest BCUT2D eigenvalue weighted by atomic mass is 10.1. The average molecular weight is 461 g/mol. The van der Waals surface area contributed by atoms with Crippen LogP contribution in [0.15, 0.2) is 60.8 Å². The average Bonchev–Trinajstić information content (AvgIpc) is 3.49. The van der Waals surface area contributed by atoms with E-state index in [1.807, 2.05) is 64.4 Å². The van der Waals surface area contributed by atoms with Gasteiger partial charge in [0.05, 0.1) is 11.7 Å². The molecule has 0 spiro atoms. The highest BCUT2D eigenvalue weighted by molar-refractivity contribution is 6.30. The first kappa shape index (κ1) is 21.6. The van der Waals surface area contributed by atoms with Crippen molar-refractivity contribution in [3.63, 3.8) is 0 Å². The summed E-state index contributed by atoms with van der Waals surface area (Å²) < 4.78 is 0. The number of carbonyl (C=O) groups is 2. The Morgan fingerprint density at radius 2 is 1.91 bits per heavy atom. The molecule has 0 aliphatic carbocycles. The van der Waals surface area contributed by atoms with Gasteiger partial charge in [-0.2, -0.15) is 0 Å². The van der Waals surface area contributed by atoms with Crippen LogP contribution in [0.3, 0.4) is 0 Å². The molecule has 3 aromatic rings. The van der Waals surface area contributed by atoms with Crippen molar-refractivity contribution in [2.45, 2.75) is 38.3 Å². The highest BCUT2D eigenvalue weighted by Crippen LogP contribution is 2.33. The lowest BCUT2D eigenvalue weighted by molar-refractivity contribution is -0.128. The molecular weight excluding hydrogens is 436 g/mol. The van der Waals surface area contributed by atoms with Crippen molar-refractivity contribution < 1.29 is 9.59 Å². The van der Waals surface area contributed by atoms with E-state index in [0.717, 1.165) is 42.6 Å². The van der Waals surface area contributed by atoms with Crippen molar-refractivity contribution in [1.82, 2.24) is 19.8 Å². The molecule has 2 amide bonds. The van der Waals surface area contributed by atoms with Gasteiger partial charge in [-0.3, -0.25) is 9.59 Å². The van der Waals surface area contributed by atoms with Crippen molar-refractivity contribution in [2.24, 2.45) is 0 Å². The summed E-state index contributed by atoms with van der Waals surface area (Å²) in [6, 6.07) is 16.9. The van der Waals surface area contributed by atoms with Gasteiger partial charge in [-0.25, -0.2) is 9.97 Å². The molecule has 5 rings (SSSR count). The van der Waals surface area contributed by atoms with Crippen LogP contribution in [0.5, 0.6) is 0 Å². The van der Waals surface area contributed by atoms with E-state index >= 15 is 0 Å². The first-order chi connectivity index (χ1) is 16.1. The number of benzene rings is 2. The van der Waals surface area contributed by atoms with E-state index in [9.17, 15) is 9.59 Å². The van der Waals surface area contributed by atoms with Crippen LogP contribution in [0.25, 0.3) is 11.4 Å².